The summed E-state index contributed by atoms with van der Waals surface area (Å²) in [5.41, 5.74) is 0. The average Bonchev–Trinajstić information content (AvgIpc) is 2.60. The van der Waals surface area contributed by atoms with Gasteiger partial charge in [-0.1, -0.05) is 36.4 Å². The average molecular weight is 364 g/mol. The molecule has 0 atom stereocenters. The number of thioether (sulfide) groups is 1. The Labute approximate surface area is 147 Å². The van der Waals surface area contributed by atoms with Gasteiger partial charge in [-0.2, -0.15) is 4.31 Å². The van der Waals surface area contributed by atoms with Crippen molar-refractivity contribution < 1.29 is 13.2 Å². The van der Waals surface area contributed by atoms with E-state index in [2.05, 4.69) is 5.32 Å². The summed E-state index contributed by atoms with van der Waals surface area (Å²) >= 11 is 1.64. The number of hydrogen-bond acceptors (Lipinski definition) is 4. The first-order valence-corrected chi connectivity index (χ1v) is 9.88. The van der Waals surface area contributed by atoms with E-state index in [9.17, 15) is 13.2 Å². The Morgan fingerprint density at radius 2 is 1.62 bits per heavy atom. The minimum atomic E-state index is -3.64. The van der Waals surface area contributed by atoms with Gasteiger partial charge in [-0.3, -0.25) is 4.79 Å². The van der Waals surface area contributed by atoms with E-state index in [4.69, 9.17) is 0 Å². The van der Waals surface area contributed by atoms with Gasteiger partial charge >= 0.3 is 0 Å². The van der Waals surface area contributed by atoms with Gasteiger partial charge in [-0.05, 0) is 24.3 Å². The number of nitrogens with zero attached hydrogens (tertiary/aromatic N) is 1. The zero-order valence-corrected chi connectivity index (χ0v) is 15.0. The van der Waals surface area contributed by atoms with E-state index in [-0.39, 0.29) is 17.3 Å². The van der Waals surface area contributed by atoms with Crippen molar-refractivity contribution in [2.75, 3.05) is 25.9 Å². The lowest BCUT2D eigenvalue weighted by Crippen LogP contribution is -2.39. The molecule has 0 fully saturated rings. The van der Waals surface area contributed by atoms with Crippen LogP contribution in [0.4, 0.5) is 0 Å². The maximum absolute atomic E-state index is 12.3. The fourth-order valence-electron chi connectivity index (χ4n) is 1.99. The predicted octanol–water partition coefficient (Wildman–Crippen LogP) is 2.22. The van der Waals surface area contributed by atoms with Gasteiger partial charge in [0.15, 0.2) is 0 Å². The highest BCUT2D eigenvalue weighted by atomic mass is 32.2. The summed E-state index contributed by atoms with van der Waals surface area (Å²) in [7, 11) is -2.24. The SMILES string of the molecule is CN(CC(=O)NCCSc1ccccc1)S(=O)(=O)c1ccccc1. The summed E-state index contributed by atoms with van der Waals surface area (Å²) in [4.78, 5) is 13.2. The predicted molar refractivity (Wildman–Crippen MR) is 96.4 cm³/mol. The summed E-state index contributed by atoms with van der Waals surface area (Å²) in [6.07, 6.45) is 0. The second-order valence-corrected chi connectivity index (χ2v) is 8.30. The first-order valence-electron chi connectivity index (χ1n) is 7.46. The van der Waals surface area contributed by atoms with Gasteiger partial charge in [0.25, 0.3) is 0 Å². The van der Waals surface area contributed by atoms with Crippen LogP contribution in [0.5, 0.6) is 0 Å². The van der Waals surface area contributed by atoms with Gasteiger partial charge in [0, 0.05) is 24.2 Å². The van der Waals surface area contributed by atoms with Crippen LogP contribution in [0.2, 0.25) is 0 Å². The van der Waals surface area contributed by atoms with E-state index in [1.807, 2.05) is 30.3 Å². The van der Waals surface area contributed by atoms with Crippen LogP contribution in [0.25, 0.3) is 0 Å². The number of likely N-dealkylation sites (N-methyl/N-ethyl adjacent to an activating group) is 1. The molecule has 2 aromatic carbocycles. The highest BCUT2D eigenvalue weighted by Crippen LogP contribution is 2.16. The molecule has 24 heavy (non-hydrogen) atoms. The number of carbonyl (C=O) groups is 1. The summed E-state index contributed by atoms with van der Waals surface area (Å²) in [5, 5.41) is 2.74. The van der Waals surface area contributed by atoms with E-state index < -0.39 is 10.0 Å². The zero-order valence-electron chi connectivity index (χ0n) is 13.4. The van der Waals surface area contributed by atoms with Crippen LogP contribution in [-0.2, 0) is 14.8 Å². The molecule has 0 radical (unpaired) electrons. The second-order valence-electron chi connectivity index (χ2n) is 5.09. The van der Waals surface area contributed by atoms with Crippen LogP contribution < -0.4 is 5.32 Å². The fourth-order valence-corrected chi connectivity index (χ4v) is 3.93. The molecule has 1 amide bonds. The first kappa shape index (κ1) is 18.5. The highest BCUT2D eigenvalue weighted by Gasteiger charge is 2.22. The molecule has 0 spiro atoms. The molecule has 0 saturated heterocycles. The lowest BCUT2D eigenvalue weighted by molar-refractivity contribution is -0.121. The smallest absolute Gasteiger partial charge is 0.243 e. The molecule has 0 aliphatic rings. The Kier molecular flexibility index (Phi) is 6.84. The second kappa shape index (κ2) is 8.86. The van der Waals surface area contributed by atoms with Crippen LogP contribution in [0.3, 0.4) is 0 Å². The molecule has 2 rings (SSSR count). The lowest BCUT2D eigenvalue weighted by atomic mass is 10.4. The fraction of sp³-hybridized carbons (Fsp3) is 0.235. The quantitative estimate of drug-likeness (QED) is 0.576. The molecule has 1 N–H and O–H groups in total. The molecule has 0 heterocycles. The molecule has 7 heteroatoms. The van der Waals surface area contributed by atoms with Crippen LogP contribution in [-0.4, -0.2) is 44.5 Å². The molecular formula is C17H20N2O3S2. The zero-order chi connectivity index (χ0) is 17.4. The van der Waals surface area contributed by atoms with Crippen molar-refractivity contribution in [2.24, 2.45) is 0 Å². The van der Waals surface area contributed by atoms with Crippen molar-refractivity contribution in [3.63, 3.8) is 0 Å². The molecule has 0 unspecified atom stereocenters. The molecular weight excluding hydrogens is 344 g/mol. The van der Waals surface area contributed by atoms with E-state index in [1.54, 1.807) is 30.0 Å². The summed E-state index contributed by atoms with van der Waals surface area (Å²) < 4.78 is 25.7. The van der Waals surface area contributed by atoms with Crippen LogP contribution in [0.1, 0.15) is 0 Å². The monoisotopic (exact) mass is 364 g/mol. The molecule has 5 nitrogen and oxygen atoms in total. The first-order chi connectivity index (χ1) is 11.5. The molecule has 0 aliphatic carbocycles. The van der Waals surface area contributed by atoms with Gasteiger partial charge in [-0.15, -0.1) is 11.8 Å². The largest absolute Gasteiger partial charge is 0.354 e. The topological polar surface area (TPSA) is 66.5 Å². The number of nitrogens with one attached hydrogen (secondary N) is 1. The molecule has 0 bridgehead atoms. The maximum Gasteiger partial charge on any atom is 0.243 e. The molecule has 128 valence electrons. The van der Waals surface area contributed by atoms with Crippen LogP contribution in [0, 0.1) is 0 Å². The van der Waals surface area contributed by atoms with Crippen LogP contribution in [0.15, 0.2) is 70.5 Å². The van der Waals surface area contributed by atoms with E-state index in [0.717, 1.165) is 15.0 Å². The Hall–Kier alpha value is -1.83. The Morgan fingerprint density at radius 1 is 1.04 bits per heavy atom. The number of carbonyl (C=O) groups excluding carboxylic acids is 1. The van der Waals surface area contributed by atoms with Crippen molar-refractivity contribution in [3.8, 4) is 0 Å². The van der Waals surface area contributed by atoms with Gasteiger partial charge in [0.1, 0.15) is 0 Å². The standard InChI is InChI=1S/C17H20N2O3S2/c1-19(24(21,22)16-10-6-3-7-11-16)14-17(20)18-12-13-23-15-8-4-2-5-9-15/h2-11H,12-14H2,1H3,(H,18,20). The number of hydrogen-bond donors (Lipinski definition) is 1. The molecule has 0 saturated carbocycles. The third kappa shape index (κ3) is 5.36. The van der Waals surface area contributed by atoms with Crippen LogP contribution >= 0.6 is 11.8 Å². The highest BCUT2D eigenvalue weighted by molar-refractivity contribution is 7.99. The van der Waals surface area contributed by atoms with E-state index in [1.165, 1.54) is 19.2 Å². The Bertz CT molecular complexity index is 750. The van der Waals surface area contributed by atoms with Crippen molar-refractivity contribution >= 4 is 27.7 Å². The van der Waals surface area contributed by atoms with Gasteiger partial charge in [0.2, 0.25) is 15.9 Å². The molecule has 0 aliphatic heterocycles. The Balaban J connectivity index is 1.77. The molecule has 0 aromatic heterocycles. The van der Waals surface area contributed by atoms with Crippen molar-refractivity contribution in [1.29, 1.82) is 0 Å². The van der Waals surface area contributed by atoms with Crippen molar-refractivity contribution in [2.45, 2.75) is 9.79 Å². The van der Waals surface area contributed by atoms with Gasteiger partial charge in [0.05, 0.1) is 11.4 Å². The summed E-state index contributed by atoms with van der Waals surface area (Å²) in [6.45, 7) is 0.283. The third-order valence-electron chi connectivity index (χ3n) is 3.25. The summed E-state index contributed by atoms with van der Waals surface area (Å²) in [5.74, 6) is 0.413. The number of sulfonamides is 1. The lowest BCUT2D eigenvalue weighted by Gasteiger charge is -2.16. The van der Waals surface area contributed by atoms with Gasteiger partial charge in [-0.25, -0.2) is 8.42 Å². The number of benzene rings is 2. The number of rotatable bonds is 8. The van der Waals surface area contributed by atoms with Crippen molar-refractivity contribution in [1.82, 2.24) is 9.62 Å². The van der Waals surface area contributed by atoms with E-state index in [0.29, 0.717) is 6.54 Å². The van der Waals surface area contributed by atoms with E-state index >= 15 is 0 Å². The van der Waals surface area contributed by atoms with Gasteiger partial charge < -0.3 is 5.32 Å². The van der Waals surface area contributed by atoms with Crippen molar-refractivity contribution in [3.05, 3.63) is 60.7 Å². The normalized spacial score (nSPS) is 11.4. The minimum absolute atomic E-state index is 0.180. The third-order valence-corrected chi connectivity index (χ3v) is 6.09. The maximum atomic E-state index is 12.3. The summed E-state index contributed by atoms with van der Waals surface area (Å²) in [6, 6.07) is 18.0. The number of amides is 1. The Morgan fingerprint density at radius 3 is 2.25 bits per heavy atom. The minimum Gasteiger partial charge on any atom is -0.354 e. The molecule has 2 aromatic rings.